The Morgan fingerprint density at radius 1 is 0.829 bits per heavy atom. The first-order valence-electron chi connectivity index (χ1n) is 11.8. The smallest absolute Gasteiger partial charge is 0.130 e. The Kier molecular flexibility index (Phi) is 5.43. The predicted octanol–water partition coefficient (Wildman–Crippen LogP) is 5.78. The molecular weight excluding hydrogens is 434 g/mol. The molecule has 1 unspecified atom stereocenters. The maximum absolute atomic E-state index is 9.59. The molecule has 5 heteroatoms. The molecule has 3 aromatic rings. The molecule has 3 aromatic carbocycles. The lowest BCUT2D eigenvalue weighted by Crippen LogP contribution is -2.53. The fourth-order valence-electron chi connectivity index (χ4n) is 5.41. The Hall–Kier alpha value is -3.99. The molecule has 1 saturated heterocycles. The van der Waals surface area contributed by atoms with Crippen LogP contribution in [-0.4, -0.2) is 41.4 Å². The van der Waals surface area contributed by atoms with E-state index in [1.807, 2.05) is 48.5 Å². The highest BCUT2D eigenvalue weighted by Gasteiger charge is 2.63. The number of hydrogen-bond acceptors (Lipinski definition) is 4. The van der Waals surface area contributed by atoms with Crippen LogP contribution in [0.25, 0.3) is 0 Å². The van der Waals surface area contributed by atoms with E-state index in [0.717, 1.165) is 33.9 Å². The summed E-state index contributed by atoms with van der Waals surface area (Å²) in [5, 5.41) is 9.59. The second-order valence-electron chi connectivity index (χ2n) is 9.26. The Morgan fingerprint density at radius 2 is 1.31 bits per heavy atom. The molecule has 1 fully saturated rings. The van der Waals surface area contributed by atoms with Crippen LogP contribution < -0.4 is 9.47 Å². The average Bonchev–Trinajstić information content (AvgIpc) is 3.47. The number of nitrogens with one attached hydrogen (secondary N) is 1. The van der Waals surface area contributed by atoms with E-state index < -0.39 is 11.1 Å². The number of methoxy groups -OCH3 is 2. The van der Waals surface area contributed by atoms with Crippen molar-refractivity contribution < 1.29 is 9.47 Å². The monoisotopic (exact) mass is 465 g/mol. The van der Waals surface area contributed by atoms with E-state index in [1.54, 1.807) is 14.2 Å². The van der Waals surface area contributed by atoms with Gasteiger partial charge in [0.1, 0.15) is 28.4 Å². The lowest BCUT2D eigenvalue weighted by atomic mass is 9.74. The van der Waals surface area contributed by atoms with Gasteiger partial charge in [-0.2, -0.15) is 0 Å². The first kappa shape index (κ1) is 22.8. The lowest BCUT2D eigenvalue weighted by Gasteiger charge is -2.47. The maximum atomic E-state index is 9.59. The van der Waals surface area contributed by atoms with Crippen LogP contribution in [0, 0.1) is 5.41 Å². The fourth-order valence-corrected chi connectivity index (χ4v) is 5.41. The highest BCUT2D eigenvalue weighted by atomic mass is 16.5. The molecule has 0 aliphatic carbocycles. The summed E-state index contributed by atoms with van der Waals surface area (Å²) in [4.78, 5) is 4.32. The maximum Gasteiger partial charge on any atom is 0.130 e. The van der Waals surface area contributed by atoms with E-state index in [1.165, 1.54) is 0 Å². The van der Waals surface area contributed by atoms with Crippen molar-refractivity contribution in [2.75, 3.05) is 14.2 Å². The van der Waals surface area contributed by atoms with Crippen molar-refractivity contribution in [2.24, 2.45) is 0 Å². The number of allylic oxidation sites excluding steroid dienone is 1. The molecule has 35 heavy (non-hydrogen) atoms. The Morgan fingerprint density at radius 3 is 1.80 bits per heavy atom. The van der Waals surface area contributed by atoms with Crippen LogP contribution >= 0.6 is 0 Å². The molecule has 0 saturated carbocycles. The average molecular weight is 466 g/mol. The normalized spacial score (nSPS) is 21.4. The molecular formula is C30H31N3O2. The minimum Gasteiger partial charge on any atom is -0.497 e. The van der Waals surface area contributed by atoms with Gasteiger partial charge in [0, 0.05) is 11.9 Å². The summed E-state index contributed by atoms with van der Waals surface area (Å²) < 4.78 is 11.0. The summed E-state index contributed by atoms with van der Waals surface area (Å²) in [6, 6.07) is 26.8. The fraction of sp³-hybridized carbons (Fsp3) is 0.233. The van der Waals surface area contributed by atoms with Gasteiger partial charge >= 0.3 is 0 Å². The van der Waals surface area contributed by atoms with Crippen LogP contribution in [0.5, 0.6) is 11.5 Å². The summed E-state index contributed by atoms with van der Waals surface area (Å²) in [7, 11) is 3.34. The lowest BCUT2D eigenvalue weighted by molar-refractivity contribution is 0.318. The number of benzene rings is 3. The van der Waals surface area contributed by atoms with E-state index in [0.29, 0.717) is 5.84 Å². The molecule has 5 rings (SSSR count). The van der Waals surface area contributed by atoms with Gasteiger partial charge < -0.3 is 19.3 Å². The van der Waals surface area contributed by atoms with Gasteiger partial charge in [0.05, 0.1) is 20.3 Å². The minimum absolute atomic E-state index is 0.224. The molecule has 0 aromatic heterocycles. The van der Waals surface area contributed by atoms with E-state index >= 15 is 0 Å². The van der Waals surface area contributed by atoms with Gasteiger partial charge in [0.15, 0.2) is 0 Å². The molecule has 5 nitrogen and oxygen atoms in total. The van der Waals surface area contributed by atoms with Crippen molar-refractivity contribution >= 4 is 5.84 Å². The van der Waals surface area contributed by atoms with Crippen molar-refractivity contribution in [2.45, 2.75) is 31.0 Å². The number of ether oxygens (including phenoxy) is 2. The molecule has 0 spiro atoms. The third-order valence-corrected chi connectivity index (χ3v) is 7.66. The number of rotatable bonds is 6. The highest BCUT2D eigenvalue weighted by molar-refractivity contribution is 5.96. The third kappa shape index (κ3) is 3.26. The zero-order valence-corrected chi connectivity index (χ0v) is 20.7. The van der Waals surface area contributed by atoms with Crippen molar-refractivity contribution in [3.8, 4) is 11.5 Å². The van der Waals surface area contributed by atoms with Crippen molar-refractivity contribution in [1.82, 2.24) is 9.80 Å². The van der Waals surface area contributed by atoms with E-state index in [9.17, 15) is 5.41 Å². The second-order valence-corrected chi connectivity index (χ2v) is 9.26. The van der Waals surface area contributed by atoms with Crippen LogP contribution in [0.2, 0.25) is 0 Å². The van der Waals surface area contributed by atoms with Gasteiger partial charge in [-0.15, -0.1) is 0 Å². The summed E-state index contributed by atoms with van der Waals surface area (Å²) in [6.07, 6.45) is 4.09. The quantitative estimate of drug-likeness (QED) is 0.370. The van der Waals surface area contributed by atoms with Crippen molar-refractivity contribution in [1.29, 1.82) is 5.41 Å². The van der Waals surface area contributed by atoms with E-state index in [4.69, 9.17) is 9.47 Å². The van der Waals surface area contributed by atoms with Gasteiger partial charge in [-0.25, -0.2) is 0 Å². The van der Waals surface area contributed by atoms with Gasteiger partial charge in [-0.05, 0) is 60.9 Å². The molecule has 0 amide bonds. The molecule has 0 radical (unpaired) electrons. The molecule has 0 bridgehead atoms. The summed E-state index contributed by atoms with van der Waals surface area (Å²) in [6.45, 7) is 8.74. The zero-order chi connectivity index (χ0) is 24.8. The molecule has 1 N–H and O–H groups in total. The SMILES string of the molecule is C=C1C=CN2[C@@H](C)C2(C)C(=N)N1C(c1ccccc1)(c1ccc(OC)cc1)c1ccc(OC)cc1. The van der Waals surface area contributed by atoms with Crippen LogP contribution in [-0.2, 0) is 5.54 Å². The van der Waals surface area contributed by atoms with Crippen molar-refractivity contribution in [3.05, 3.63) is 120 Å². The molecule has 2 heterocycles. The first-order valence-corrected chi connectivity index (χ1v) is 11.8. The number of amidine groups is 1. The molecule has 178 valence electrons. The van der Waals surface area contributed by atoms with Crippen LogP contribution in [0.1, 0.15) is 30.5 Å². The Bertz CT molecular complexity index is 1230. The zero-order valence-electron chi connectivity index (χ0n) is 20.7. The van der Waals surface area contributed by atoms with E-state index in [2.05, 4.69) is 72.8 Å². The summed E-state index contributed by atoms with van der Waals surface area (Å²) in [5.41, 5.74) is 2.55. The van der Waals surface area contributed by atoms with Gasteiger partial charge in [0.25, 0.3) is 0 Å². The summed E-state index contributed by atoms with van der Waals surface area (Å²) >= 11 is 0. The van der Waals surface area contributed by atoms with Gasteiger partial charge in [-0.1, -0.05) is 61.2 Å². The molecule has 2 atom stereocenters. The van der Waals surface area contributed by atoms with Crippen LogP contribution in [0.15, 0.2) is 103 Å². The Labute approximate surface area is 207 Å². The van der Waals surface area contributed by atoms with Crippen molar-refractivity contribution in [3.63, 3.8) is 0 Å². The molecule has 2 aliphatic rings. The highest BCUT2D eigenvalue weighted by Crippen LogP contribution is 2.52. The molecule has 2 aliphatic heterocycles. The number of hydrogen-bond donors (Lipinski definition) is 1. The predicted molar refractivity (Wildman–Crippen MR) is 140 cm³/mol. The topological polar surface area (TPSA) is 48.6 Å². The van der Waals surface area contributed by atoms with E-state index in [-0.39, 0.29) is 6.04 Å². The second kappa shape index (κ2) is 8.35. The van der Waals surface area contributed by atoms with Gasteiger partial charge in [-0.3, -0.25) is 5.41 Å². The van der Waals surface area contributed by atoms with Crippen LogP contribution in [0.3, 0.4) is 0 Å². The third-order valence-electron chi connectivity index (χ3n) is 7.66. The Balaban J connectivity index is 1.86. The number of fused-ring (bicyclic) bond motifs is 1. The number of nitrogens with zero attached hydrogens (tertiary/aromatic N) is 2. The minimum atomic E-state index is -0.848. The first-order chi connectivity index (χ1) is 16.9. The summed E-state index contributed by atoms with van der Waals surface area (Å²) in [5.74, 6) is 2.07. The largest absolute Gasteiger partial charge is 0.497 e. The van der Waals surface area contributed by atoms with Gasteiger partial charge in [0.2, 0.25) is 0 Å². The standard InChI is InChI=1S/C30H31N3O2/c1-21-19-20-32-22(2)29(32,3)28(31)33(21)30(23-9-7-6-8-10-23,24-11-15-26(34-4)16-12-24)25-13-17-27(35-5)18-14-25/h6-20,22,31H,1H2,2-5H3/t22-,29?,32?/m0/s1. The van der Waals surface area contributed by atoms with Crippen LogP contribution in [0.4, 0.5) is 0 Å².